The van der Waals surface area contributed by atoms with Crippen LogP contribution < -0.4 is 10.5 Å². The van der Waals surface area contributed by atoms with Crippen molar-refractivity contribution in [1.82, 2.24) is 9.78 Å². The van der Waals surface area contributed by atoms with Crippen LogP contribution in [0, 0.1) is 20.8 Å². The number of halogens is 1. The van der Waals surface area contributed by atoms with Gasteiger partial charge in [0.2, 0.25) is 0 Å². The molecular weight excluding hydrogens is 274 g/mol. The van der Waals surface area contributed by atoms with Gasteiger partial charge in [-0.2, -0.15) is 5.10 Å². The number of hydrogen-bond acceptors (Lipinski definition) is 3. The molecule has 0 aliphatic carbocycles. The fourth-order valence-electron chi connectivity index (χ4n) is 2.12. The van der Waals surface area contributed by atoms with Crippen molar-refractivity contribution in [3.63, 3.8) is 0 Å². The second-order valence-electron chi connectivity index (χ2n) is 4.92. The van der Waals surface area contributed by atoms with Gasteiger partial charge in [-0.25, -0.2) is 0 Å². The summed E-state index contributed by atoms with van der Waals surface area (Å²) < 4.78 is 7.77. The van der Waals surface area contributed by atoms with Crippen LogP contribution >= 0.6 is 11.6 Å². The molecule has 2 aromatic rings. The van der Waals surface area contributed by atoms with Crippen molar-refractivity contribution in [2.24, 2.45) is 0 Å². The lowest BCUT2D eigenvalue weighted by atomic mass is 10.1. The van der Waals surface area contributed by atoms with Crippen molar-refractivity contribution in [3.8, 4) is 5.75 Å². The van der Waals surface area contributed by atoms with Gasteiger partial charge in [-0.3, -0.25) is 4.68 Å². The predicted molar refractivity (Wildman–Crippen MR) is 82.3 cm³/mol. The molecule has 0 fully saturated rings. The van der Waals surface area contributed by atoms with Crippen molar-refractivity contribution in [1.29, 1.82) is 0 Å². The molecule has 1 aromatic heterocycles. The van der Waals surface area contributed by atoms with Gasteiger partial charge in [0.05, 0.1) is 16.4 Å². The van der Waals surface area contributed by atoms with Gasteiger partial charge < -0.3 is 10.5 Å². The molecule has 1 aromatic carbocycles. The Morgan fingerprint density at radius 1 is 1.25 bits per heavy atom. The molecular formula is C15H20ClN3O. The number of aromatic nitrogens is 2. The van der Waals surface area contributed by atoms with Crippen molar-refractivity contribution >= 4 is 17.3 Å². The lowest BCUT2D eigenvalue weighted by molar-refractivity contribution is 0.290. The summed E-state index contributed by atoms with van der Waals surface area (Å²) in [5.74, 6) is 0.828. The fourth-order valence-corrected chi connectivity index (χ4v) is 2.31. The molecule has 4 nitrogen and oxygen atoms in total. The van der Waals surface area contributed by atoms with Gasteiger partial charge in [0, 0.05) is 12.2 Å². The zero-order chi connectivity index (χ0) is 14.9. The standard InChI is InChI=1S/C15H20ClN3O/c1-5-19-13(15(16)11(4)18-19)8-20-14-7-9(2)12(17)6-10(14)3/h6-7H,5,8,17H2,1-4H3. The minimum atomic E-state index is 0.401. The van der Waals surface area contributed by atoms with E-state index < -0.39 is 0 Å². The molecule has 0 aliphatic heterocycles. The van der Waals surface area contributed by atoms with Crippen LogP contribution in [0.2, 0.25) is 5.02 Å². The highest BCUT2D eigenvalue weighted by Gasteiger charge is 2.13. The molecule has 0 saturated heterocycles. The topological polar surface area (TPSA) is 53.1 Å². The van der Waals surface area contributed by atoms with Gasteiger partial charge in [-0.1, -0.05) is 11.6 Å². The largest absolute Gasteiger partial charge is 0.487 e. The average Bonchev–Trinajstić information content (AvgIpc) is 2.68. The zero-order valence-corrected chi connectivity index (χ0v) is 13.1. The normalized spacial score (nSPS) is 10.8. The van der Waals surface area contributed by atoms with E-state index in [1.54, 1.807) is 0 Å². The second kappa shape index (κ2) is 5.75. The molecule has 108 valence electrons. The molecule has 1 heterocycles. The Kier molecular flexibility index (Phi) is 4.23. The predicted octanol–water partition coefficient (Wildman–Crippen LogP) is 3.64. The van der Waals surface area contributed by atoms with E-state index in [-0.39, 0.29) is 0 Å². The molecule has 0 atom stereocenters. The van der Waals surface area contributed by atoms with Crippen molar-refractivity contribution in [2.45, 2.75) is 40.8 Å². The Morgan fingerprint density at radius 3 is 2.60 bits per heavy atom. The maximum Gasteiger partial charge on any atom is 0.131 e. The molecule has 0 saturated carbocycles. The summed E-state index contributed by atoms with van der Waals surface area (Å²) in [5, 5.41) is 5.06. The van der Waals surface area contributed by atoms with Crippen LogP contribution in [0.25, 0.3) is 0 Å². The zero-order valence-electron chi connectivity index (χ0n) is 12.3. The van der Waals surface area contributed by atoms with E-state index in [9.17, 15) is 0 Å². The summed E-state index contributed by atoms with van der Waals surface area (Å²) >= 11 is 6.27. The van der Waals surface area contributed by atoms with Crippen LogP contribution in [0.5, 0.6) is 5.75 Å². The average molecular weight is 294 g/mol. The summed E-state index contributed by atoms with van der Waals surface area (Å²) in [6.45, 7) is 9.05. The first-order valence-corrected chi connectivity index (χ1v) is 7.03. The molecule has 0 unspecified atom stereocenters. The first-order valence-electron chi connectivity index (χ1n) is 6.65. The van der Waals surface area contributed by atoms with E-state index in [0.29, 0.717) is 11.6 Å². The highest BCUT2D eigenvalue weighted by molar-refractivity contribution is 6.31. The third kappa shape index (κ3) is 2.75. The molecule has 0 bridgehead atoms. The number of hydrogen-bond donors (Lipinski definition) is 1. The maximum absolute atomic E-state index is 6.27. The summed E-state index contributed by atoms with van der Waals surface area (Å²) in [6.07, 6.45) is 0. The van der Waals surface area contributed by atoms with Gasteiger partial charge in [0.25, 0.3) is 0 Å². The second-order valence-corrected chi connectivity index (χ2v) is 5.30. The van der Waals surface area contributed by atoms with E-state index in [0.717, 1.165) is 40.5 Å². The van der Waals surface area contributed by atoms with E-state index >= 15 is 0 Å². The van der Waals surface area contributed by atoms with Crippen molar-refractivity contribution < 1.29 is 4.74 Å². The third-order valence-corrected chi connectivity index (χ3v) is 3.87. The van der Waals surface area contributed by atoms with Crippen LogP contribution in [0.1, 0.15) is 29.4 Å². The summed E-state index contributed by atoms with van der Waals surface area (Å²) in [4.78, 5) is 0. The minimum Gasteiger partial charge on any atom is -0.487 e. The molecule has 20 heavy (non-hydrogen) atoms. The molecule has 0 radical (unpaired) electrons. The highest BCUT2D eigenvalue weighted by Crippen LogP contribution is 2.27. The summed E-state index contributed by atoms with van der Waals surface area (Å²) in [6, 6.07) is 3.88. The van der Waals surface area contributed by atoms with Crippen LogP contribution in [0.15, 0.2) is 12.1 Å². The number of anilines is 1. The van der Waals surface area contributed by atoms with Crippen LogP contribution in [-0.2, 0) is 13.2 Å². The monoisotopic (exact) mass is 293 g/mol. The highest BCUT2D eigenvalue weighted by atomic mass is 35.5. The number of ether oxygens (including phenoxy) is 1. The van der Waals surface area contributed by atoms with E-state index in [1.165, 1.54) is 0 Å². The molecule has 2 N–H and O–H groups in total. The van der Waals surface area contributed by atoms with Gasteiger partial charge >= 0.3 is 0 Å². The third-order valence-electron chi connectivity index (χ3n) is 3.38. The number of nitrogen functional groups attached to an aromatic ring is 1. The van der Waals surface area contributed by atoms with Crippen LogP contribution in [0.3, 0.4) is 0 Å². The molecule has 2 rings (SSSR count). The minimum absolute atomic E-state index is 0.401. The Hall–Kier alpha value is -1.68. The molecule has 0 spiro atoms. The Bertz CT molecular complexity index is 635. The van der Waals surface area contributed by atoms with Crippen LogP contribution in [-0.4, -0.2) is 9.78 Å². The first-order chi connectivity index (χ1) is 9.43. The molecule has 0 aliphatic rings. The Morgan fingerprint density at radius 2 is 1.95 bits per heavy atom. The lowest BCUT2D eigenvalue weighted by Gasteiger charge is -2.12. The summed E-state index contributed by atoms with van der Waals surface area (Å²) in [7, 11) is 0. The maximum atomic E-state index is 6.27. The number of rotatable bonds is 4. The van der Waals surface area contributed by atoms with Crippen molar-refractivity contribution in [3.05, 3.63) is 39.7 Å². The van der Waals surface area contributed by atoms with Gasteiger partial charge in [0.1, 0.15) is 12.4 Å². The first kappa shape index (κ1) is 14.7. The lowest BCUT2D eigenvalue weighted by Crippen LogP contribution is -2.07. The van der Waals surface area contributed by atoms with Crippen molar-refractivity contribution in [2.75, 3.05) is 5.73 Å². The van der Waals surface area contributed by atoms with E-state index in [2.05, 4.69) is 5.10 Å². The number of aryl methyl sites for hydroxylation is 4. The fraction of sp³-hybridized carbons (Fsp3) is 0.400. The Balaban J connectivity index is 2.23. The van der Waals surface area contributed by atoms with Gasteiger partial charge in [-0.05, 0) is 51.0 Å². The summed E-state index contributed by atoms with van der Waals surface area (Å²) in [5.41, 5.74) is 10.4. The smallest absolute Gasteiger partial charge is 0.131 e. The number of nitrogens with two attached hydrogens (primary N) is 1. The van der Waals surface area contributed by atoms with Gasteiger partial charge in [0.15, 0.2) is 0 Å². The number of benzene rings is 1. The van der Waals surface area contributed by atoms with Gasteiger partial charge in [-0.15, -0.1) is 0 Å². The SMILES string of the molecule is CCn1nc(C)c(Cl)c1COc1cc(C)c(N)cc1C. The van der Waals surface area contributed by atoms with Crippen LogP contribution in [0.4, 0.5) is 5.69 Å². The van der Waals surface area contributed by atoms with E-state index in [1.807, 2.05) is 44.5 Å². The Labute approximate surface area is 124 Å². The number of nitrogens with zero attached hydrogens (tertiary/aromatic N) is 2. The van der Waals surface area contributed by atoms with E-state index in [4.69, 9.17) is 22.1 Å². The molecule has 0 amide bonds. The quantitative estimate of drug-likeness (QED) is 0.876. The molecule has 5 heteroatoms.